The van der Waals surface area contributed by atoms with Crippen LogP contribution in [0.5, 0.6) is 11.5 Å². The summed E-state index contributed by atoms with van der Waals surface area (Å²) in [5.74, 6) is 2.44. The zero-order chi connectivity index (χ0) is 15.4. The minimum atomic E-state index is 0.0496. The summed E-state index contributed by atoms with van der Waals surface area (Å²) in [5.41, 5.74) is 0.708. The van der Waals surface area contributed by atoms with Gasteiger partial charge in [0.2, 0.25) is 5.91 Å². The Morgan fingerprint density at radius 1 is 1.32 bits per heavy atom. The first-order valence-electron chi connectivity index (χ1n) is 8.13. The molecule has 5 heteroatoms. The van der Waals surface area contributed by atoms with Gasteiger partial charge in [-0.2, -0.15) is 0 Å². The van der Waals surface area contributed by atoms with E-state index in [0.717, 1.165) is 25.9 Å². The second-order valence-electron chi connectivity index (χ2n) is 6.15. The fraction of sp³-hybridized carbons (Fsp3) is 0.588. The smallest absolute Gasteiger partial charge is 0.224 e. The van der Waals surface area contributed by atoms with Crippen molar-refractivity contribution < 1.29 is 14.3 Å². The molecular weight excluding hydrogens is 280 g/mol. The SMILES string of the molecule is CC(CC(=O)Nc1cccc2c1OCCO2)C1CCNCC1. The van der Waals surface area contributed by atoms with Gasteiger partial charge in [0.15, 0.2) is 11.5 Å². The van der Waals surface area contributed by atoms with Gasteiger partial charge in [-0.1, -0.05) is 13.0 Å². The minimum Gasteiger partial charge on any atom is -0.486 e. The molecule has 2 N–H and O–H groups in total. The van der Waals surface area contributed by atoms with Crippen LogP contribution in [0.2, 0.25) is 0 Å². The number of rotatable bonds is 4. The predicted octanol–water partition coefficient (Wildman–Crippen LogP) is 2.42. The Morgan fingerprint density at radius 3 is 2.91 bits per heavy atom. The molecular formula is C17H24N2O3. The highest BCUT2D eigenvalue weighted by Gasteiger charge is 2.23. The number of hydrogen-bond donors (Lipinski definition) is 2. The van der Waals surface area contributed by atoms with Gasteiger partial charge >= 0.3 is 0 Å². The van der Waals surface area contributed by atoms with Crippen molar-refractivity contribution in [1.82, 2.24) is 5.32 Å². The summed E-state index contributed by atoms with van der Waals surface area (Å²) in [6, 6.07) is 5.60. The lowest BCUT2D eigenvalue weighted by molar-refractivity contribution is -0.117. The van der Waals surface area contributed by atoms with Gasteiger partial charge in [0.25, 0.3) is 0 Å². The van der Waals surface area contributed by atoms with Crippen LogP contribution in [-0.2, 0) is 4.79 Å². The molecule has 0 bridgehead atoms. The Labute approximate surface area is 131 Å². The maximum atomic E-state index is 12.3. The van der Waals surface area contributed by atoms with E-state index in [1.807, 2.05) is 18.2 Å². The highest BCUT2D eigenvalue weighted by molar-refractivity contribution is 5.93. The van der Waals surface area contributed by atoms with Crippen LogP contribution >= 0.6 is 0 Å². The van der Waals surface area contributed by atoms with Gasteiger partial charge in [0, 0.05) is 6.42 Å². The average molecular weight is 304 g/mol. The molecule has 1 aromatic carbocycles. The average Bonchev–Trinajstić information content (AvgIpc) is 2.56. The normalized spacial score (nSPS) is 19.5. The molecule has 1 atom stereocenters. The number of ether oxygens (including phenoxy) is 2. The van der Waals surface area contributed by atoms with Gasteiger partial charge in [-0.25, -0.2) is 0 Å². The molecule has 0 saturated carbocycles. The Hall–Kier alpha value is -1.75. The molecule has 0 aliphatic carbocycles. The maximum Gasteiger partial charge on any atom is 0.224 e. The fourth-order valence-electron chi connectivity index (χ4n) is 3.25. The quantitative estimate of drug-likeness (QED) is 0.897. The van der Waals surface area contributed by atoms with Crippen LogP contribution in [-0.4, -0.2) is 32.2 Å². The third kappa shape index (κ3) is 3.53. The van der Waals surface area contributed by atoms with Gasteiger partial charge in [-0.05, 0) is 49.9 Å². The molecule has 1 fully saturated rings. The van der Waals surface area contributed by atoms with Crippen molar-refractivity contribution in [3.05, 3.63) is 18.2 Å². The number of nitrogens with one attached hydrogen (secondary N) is 2. The Balaban J connectivity index is 1.59. The van der Waals surface area contributed by atoms with Crippen LogP contribution in [0, 0.1) is 11.8 Å². The molecule has 1 unspecified atom stereocenters. The van der Waals surface area contributed by atoms with E-state index < -0.39 is 0 Å². The van der Waals surface area contributed by atoms with Crippen LogP contribution in [0.3, 0.4) is 0 Å². The second kappa shape index (κ2) is 7.01. The molecule has 5 nitrogen and oxygen atoms in total. The van der Waals surface area contributed by atoms with Crippen LogP contribution in [0.15, 0.2) is 18.2 Å². The standard InChI is InChI=1S/C17H24N2O3/c1-12(13-5-7-18-8-6-13)11-16(20)19-14-3-2-4-15-17(14)22-10-9-21-15/h2-4,12-13,18H,5-11H2,1H3,(H,19,20). The highest BCUT2D eigenvalue weighted by Crippen LogP contribution is 2.37. The number of para-hydroxylation sites is 1. The molecule has 120 valence electrons. The van der Waals surface area contributed by atoms with E-state index in [9.17, 15) is 4.79 Å². The lowest BCUT2D eigenvalue weighted by atomic mass is 9.84. The summed E-state index contributed by atoms with van der Waals surface area (Å²) in [6.07, 6.45) is 2.87. The summed E-state index contributed by atoms with van der Waals surface area (Å²) in [5, 5.41) is 6.35. The first kappa shape index (κ1) is 15.2. The van der Waals surface area contributed by atoms with Crippen molar-refractivity contribution in [3.63, 3.8) is 0 Å². The van der Waals surface area contributed by atoms with Gasteiger partial charge in [0.05, 0.1) is 5.69 Å². The second-order valence-corrected chi connectivity index (χ2v) is 6.15. The summed E-state index contributed by atoms with van der Waals surface area (Å²) in [7, 11) is 0. The van der Waals surface area contributed by atoms with E-state index in [0.29, 0.717) is 48.7 Å². The number of benzene rings is 1. The minimum absolute atomic E-state index is 0.0496. The number of amides is 1. The largest absolute Gasteiger partial charge is 0.486 e. The molecule has 0 radical (unpaired) electrons. The molecule has 2 heterocycles. The van der Waals surface area contributed by atoms with E-state index in [1.54, 1.807) is 0 Å². The third-order valence-corrected chi connectivity index (χ3v) is 4.54. The van der Waals surface area contributed by atoms with Crippen molar-refractivity contribution in [2.24, 2.45) is 11.8 Å². The number of carbonyl (C=O) groups excluding carboxylic acids is 1. The summed E-state index contributed by atoms with van der Waals surface area (Å²) >= 11 is 0. The van der Waals surface area contributed by atoms with Gasteiger partial charge in [-0.15, -0.1) is 0 Å². The van der Waals surface area contributed by atoms with Crippen molar-refractivity contribution in [1.29, 1.82) is 0 Å². The fourth-order valence-corrected chi connectivity index (χ4v) is 3.25. The number of fused-ring (bicyclic) bond motifs is 1. The Kier molecular flexibility index (Phi) is 4.83. The number of hydrogen-bond acceptors (Lipinski definition) is 4. The number of piperidine rings is 1. The van der Waals surface area contributed by atoms with Gasteiger partial charge < -0.3 is 20.1 Å². The highest BCUT2D eigenvalue weighted by atomic mass is 16.6. The maximum absolute atomic E-state index is 12.3. The van der Waals surface area contributed by atoms with Crippen LogP contribution in [0.25, 0.3) is 0 Å². The summed E-state index contributed by atoms with van der Waals surface area (Å²) in [6.45, 7) is 5.38. The number of carbonyl (C=O) groups is 1. The molecule has 2 aliphatic rings. The van der Waals surface area contributed by atoms with Crippen molar-refractivity contribution >= 4 is 11.6 Å². The van der Waals surface area contributed by atoms with Gasteiger partial charge in [0.1, 0.15) is 13.2 Å². The van der Waals surface area contributed by atoms with Crippen molar-refractivity contribution in [2.45, 2.75) is 26.2 Å². The van der Waals surface area contributed by atoms with Crippen LogP contribution in [0.1, 0.15) is 26.2 Å². The Morgan fingerprint density at radius 2 is 2.09 bits per heavy atom. The molecule has 22 heavy (non-hydrogen) atoms. The van der Waals surface area contributed by atoms with E-state index in [4.69, 9.17) is 9.47 Å². The Bertz CT molecular complexity index is 527. The molecule has 3 rings (SSSR count). The van der Waals surface area contributed by atoms with Crippen LogP contribution in [0.4, 0.5) is 5.69 Å². The zero-order valence-corrected chi connectivity index (χ0v) is 13.1. The molecule has 1 aromatic rings. The predicted molar refractivity (Wildman–Crippen MR) is 85.4 cm³/mol. The molecule has 1 saturated heterocycles. The topological polar surface area (TPSA) is 59.6 Å². The first-order chi connectivity index (χ1) is 10.7. The van der Waals surface area contributed by atoms with Gasteiger partial charge in [-0.3, -0.25) is 4.79 Å². The van der Waals surface area contributed by atoms with E-state index >= 15 is 0 Å². The van der Waals surface area contributed by atoms with E-state index in [-0.39, 0.29) is 5.91 Å². The van der Waals surface area contributed by atoms with Crippen molar-refractivity contribution in [2.75, 3.05) is 31.6 Å². The zero-order valence-electron chi connectivity index (χ0n) is 13.1. The molecule has 1 amide bonds. The lowest BCUT2D eigenvalue weighted by Crippen LogP contribution is -2.32. The number of anilines is 1. The van der Waals surface area contributed by atoms with Crippen molar-refractivity contribution in [3.8, 4) is 11.5 Å². The lowest BCUT2D eigenvalue weighted by Gasteiger charge is -2.28. The molecule has 0 aromatic heterocycles. The summed E-state index contributed by atoms with van der Waals surface area (Å²) < 4.78 is 11.2. The first-order valence-corrected chi connectivity index (χ1v) is 8.13. The monoisotopic (exact) mass is 304 g/mol. The van der Waals surface area contributed by atoms with E-state index in [1.165, 1.54) is 0 Å². The van der Waals surface area contributed by atoms with E-state index in [2.05, 4.69) is 17.6 Å². The molecule has 2 aliphatic heterocycles. The molecule has 0 spiro atoms. The summed E-state index contributed by atoms with van der Waals surface area (Å²) in [4.78, 5) is 12.3. The van der Waals surface area contributed by atoms with Crippen LogP contribution < -0.4 is 20.1 Å². The third-order valence-electron chi connectivity index (χ3n) is 4.54.